The lowest BCUT2D eigenvalue weighted by molar-refractivity contribution is -0.122. The van der Waals surface area contributed by atoms with E-state index in [1.54, 1.807) is 27.7 Å². The van der Waals surface area contributed by atoms with Gasteiger partial charge in [-0.3, -0.25) is 9.69 Å². The molecule has 0 saturated carbocycles. The van der Waals surface area contributed by atoms with Crippen molar-refractivity contribution in [2.75, 3.05) is 4.90 Å². The van der Waals surface area contributed by atoms with Crippen molar-refractivity contribution in [1.29, 1.82) is 0 Å². The molecule has 2 amide bonds. The second kappa shape index (κ2) is 10.2. The molecule has 2 rings (SSSR count). The maximum absolute atomic E-state index is 13.4. The van der Waals surface area contributed by atoms with E-state index in [-0.39, 0.29) is 5.91 Å². The molecule has 0 aromatic heterocycles. The minimum atomic E-state index is -0.858. The Bertz CT molecular complexity index is 883. The zero-order chi connectivity index (χ0) is 22.3. The van der Waals surface area contributed by atoms with E-state index in [9.17, 15) is 14.4 Å². The predicted molar refractivity (Wildman–Crippen MR) is 120 cm³/mol. The van der Waals surface area contributed by atoms with Gasteiger partial charge >= 0.3 is 6.09 Å². The van der Waals surface area contributed by atoms with Crippen molar-refractivity contribution in [2.24, 2.45) is 0 Å². The second-order valence-electron chi connectivity index (χ2n) is 8.42. The van der Waals surface area contributed by atoms with Gasteiger partial charge in [-0.05, 0) is 45.6 Å². The third-order valence-corrected chi connectivity index (χ3v) is 4.71. The van der Waals surface area contributed by atoms with Crippen LogP contribution in [-0.2, 0) is 14.3 Å². The Balaban J connectivity index is 2.41. The number of anilines is 1. The molecule has 2 aromatic rings. The van der Waals surface area contributed by atoms with E-state index >= 15 is 0 Å². The topological polar surface area (TPSA) is 75.7 Å². The summed E-state index contributed by atoms with van der Waals surface area (Å²) < 4.78 is 5.28. The number of fused-ring (bicyclic) bond motifs is 1. The Kier molecular flexibility index (Phi) is 7.98. The molecule has 2 aromatic carbocycles. The van der Waals surface area contributed by atoms with Crippen LogP contribution in [0.15, 0.2) is 42.5 Å². The van der Waals surface area contributed by atoms with Gasteiger partial charge in [0.05, 0.1) is 11.7 Å². The van der Waals surface area contributed by atoms with E-state index in [1.807, 2.05) is 49.4 Å². The molecule has 0 saturated heterocycles. The number of ether oxygens (including phenoxy) is 1. The normalized spacial score (nSPS) is 13.4. The molecule has 162 valence electrons. The third-order valence-electron chi connectivity index (χ3n) is 4.71. The van der Waals surface area contributed by atoms with Gasteiger partial charge in [-0.1, -0.05) is 56.2 Å². The first-order chi connectivity index (χ1) is 14.2. The number of aldehydes is 1. The van der Waals surface area contributed by atoms with Crippen molar-refractivity contribution >= 4 is 34.7 Å². The van der Waals surface area contributed by atoms with E-state index in [0.717, 1.165) is 29.9 Å². The van der Waals surface area contributed by atoms with Crippen LogP contribution < -0.4 is 10.2 Å². The first-order valence-electron chi connectivity index (χ1n) is 10.4. The zero-order valence-electron chi connectivity index (χ0n) is 18.5. The van der Waals surface area contributed by atoms with Crippen LogP contribution in [0.4, 0.5) is 10.5 Å². The summed E-state index contributed by atoms with van der Waals surface area (Å²) >= 11 is 0. The summed E-state index contributed by atoms with van der Waals surface area (Å²) in [6.07, 6.45) is 2.42. The van der Waals surface area contributed by atoms with Crippen molar-refractivity contribution in [3.05, 3.63) is 42.5 Å². The van der Waals surface area contributed by atoms with E-state index in [0.29, 0.717) is 12.1 Å². The molecule has 1 N–H and O–H groups in total. The van der Waals surface area contributed by atoms with Gasteiger partial charge in [0.15, 0.2) is 0 Å². The lowest BCUT2D eigenvalue weighted by Crippen LogP contribution is -2.52. The van der Waals surface area contributed by atoms with Crippen LogP contribution in [0.2, 0.25) is 0 Å². The molecule has 0 fully saturated rings. The lowest BCUT2D eigenvalue weighted by Gasteiger charge is -2.32. The van der Waals surface area contributed by atoms with Crippen molar-refractivity contribution in [2.45, 2.75) is 71.6 Å². The predicted octanol–water partition coefficient (Wildman–Crippen LogP) is 4.84. The number of nitrogens with one attached hydrogen (secondary N) is 1. The molecule has 0 aliphatic carbocycles. The fraction of sp³-hybridized carbons (Fsp3) is 0.458. The number of nitrogens with zero attached hydrogens (tertiary/aromatic N) is 1. The lowest BCUT2D eigenvalue weighted by atomic mass is 10.0. The minimum absolute atomic E-state index is 0.356. The summed E-state index contributed by atoms with van der Waals surface area (Å²) in [4.78, 5) is 39.1. The molecule has 0 radical (unpaired) electrons. The summed E-state index contributed by atoms with van der Waals surface area (Å²) in [5.41, 5.74) is -0.0154. The molecule has 6 nitrogen and oxygen atoms in total. The first kappa shape index (κ1) is 23.4. The number of unbranched alkanes of at least 4 members (excludes halogenated alkanes) is 1. The Hall–Kier alpha value is -2.89. The first-order valence-corrected chi connectivity index (χ1v) is 10.4. The number of rotatable bonds is 8. The van der Waals surface area contributed by atoms with Crippen LogP contribution in [-0.4, -0.2) is 36.0 Å². The van der Waals surface area contributed by atoms with Crippen LogP contribution in [0, 0.1) is 0 Å². The van der Waals surface area contributed by atoms with Gasteiger partial charge in [0.2, 0.25) is 5.91 Å². The number of benzene rings is 2. The van der Waals surface area contributed by atoms with Crippen LogP contribution in [0.1, 0.15) is 53.9 Å². The Morgan fingerprint density at radius 3 is 2.43 bits per heavy atom. The number of alkyl carbamates (subject to hydrolysis) is 1. The molecule has 30 heavy (non-hydrogen) atoms. The molecule has 0 aliphatic rings. The summed E-state index contributed by atoms with van der Waals surface area (Å²) in [6.45, 7) is 8.92. The maximum Gasteiger partial charge on any atom is 0.408 e. The number of amides is 2. The van der Waals surface area contributed by atoms with Crippen molar-refractivity contribution < 1.29 is 19.1 Å². The summed E-state index contributed by atoms with van der Waals surface area (Å²) in [5, 5.41) is 4.45. The number of carbonyl (C=O) groups is 3. The number of carbonyl (C=O) groups excluding carboxylic acids is 3. The van der Waals surface area contributed by atoms with Crippen LogP contribution >= 0.6 is 0 Å². The van der Waals surface area contributed by atoms with E-state index in [4.69, 9.17) is 4.74 Å². The molecule has 0 heterocycles. The van der Waals surface area contributed by atoms with E-state index < -0.39 is 23.8 Å². The van der Waals surface area contributed by atoms with Gasteiger partial charge in [0.25, 0.3) is 0 Å². The quantitative estimate of drug-likeness (QED) is 0.629. The molecular weight excluding hydrogens is 380 g/mol. The SMILES string of the molecule is CCCC[C@@H](C=O)N(C(=O)[C@H](C)NC(=O)OC(C)(C)C)c1cccc2ccccc12. The molecule has 0 bridgehead atoms. The van der Waals surface area contributed by atoms with Gasteiger partial charge < -0.3 is 14.8 Å². The number of hydrogen-bond acceptors (Lipinski definition) is 4. The van der Waals surface area contributed by atoms with Gasteiger partial charge in [0.1, 0.15) is 17.9 Å². The fourth-order valence-corrected chi connectivity index (χ4v) is 3.31. The maximum atomic E-state index is 13.4. The smallest absolute Gasteiger partial charge is 0.408 e. The highest BCUT2D eigenvalue weighted by Crippen LogP contribution is 2.29. The largest absolute Gasteiger partial charge is 0.444 e. The van der Waals surface area contributed by atoms with Gasteiger partial charge in [0, 0.05) is 5.39 Å². The Morgan fingerprint density at radius 1 is 1.13 bits per heavy atom. The standard InChI is InChI=1S/C24H32N2O4/c1-6-7-13-19(16-27)26(21-15-10-12-18-11-8-9-14-20(18)21)22(28)17(2)25-23(29)30-24(3,4)5/h8-12,14-17,19H,6-7,13H2,1-5H3,(H,25,29)/t17-,19-/m0/s1. The highest BCUT2D eigenvalue weighted by Gasteiger charge is 2.31. The molecule has 0 spiro atoms. The van der Waals surface area contributed by atoms with Crippen LogP contribution in [0.3, 0.4) is 0 Å². The Labute approximate surface area is 178 Å². The third kappa shape index (κ3) is 6.05. The zero-order valence-corrected chi connectivity index (χ0v) is 18.5. The average molecular weight is 413 g/mol. The second-order valence-corrected chi connectivity index (χ2v) is 8.42. The summed E-state index contributed by atoms with van der Waals surface area (Å²) in [5.74, 6) is -0.356. The molecule has 6 heteroatoms. The fourth-order valence-electron chi connectivity index (χ4n) is 3.31. The number of hydrogen-bond donors (Lipinski definition) is 1. The van der Waals surface area contributed by atoms with Crippen LogP contribution in [0.5, 0.6) is 0 Å². The minimum Gasteiger partial charge on any atom is -0.444 e. The monoisotopic (exact) mass is 412 g/mol. The van der Waals surface area contributed by atoms with Crippen molar-refractivity contribution in [3.63, 3.8) is 0 Å². The van der Waals surface area contributed by atoms with E-state index in [1.165, 1.54) is 4.90 Å². The highest BCUT2D eigenvalue weighted by atomic mass is 16.6. The molecular formula is C24H32N2O4. The molecule has 0 aliphatic heterocycles. The van der Waals surface area contributed by atoms with Gasteiger partial charge in [-0.25, -0.2) is 4.79 Å². The van der Waals surface area contributed by atoms with E-state index in [2.05, 4.69) is 5.32 Å². The van der Waals surface area contributed by atoms with Crippen molar-refractivity contribution in [1.82, 2.24) is 5.32 Å². The average Bonchev–Trinajstić information content (AvgIpc) is 2.69. The van der Waals surface area contributed by atoms with Gasteiger partial charge in [-0.15, -0.1) is 0 Å². The van der Waals surface area contributed by atoms with Crippen molar-refractivity contribution in [3.8, 4) is 0 Å². The highest BCUT2D eigenvalue weighted by molar-refractivity contribution is 6.08. The Morgan fingerprint density at radius 2 is 1.80 bits per heavy atom. The molecule has 0 unspecified atom stereocenters. The summed E-state index contributed by atoms with van der Waals surface area (Å²) in [6, 6.07) is 11.9. The van der Waals surface area contributed by atoms with Gasteiger partial charge in [-0.2, -0.15) is 0 Å². The van der Waals surface area contributed by atoms with Crippen LogP contribution in [0.25, 0.3) is 10.8 Å². The summed E-state index contributed by atoms with van der Waals surface area (Å²) in [7, 11) is 0. The molecule has 2 atom stereocenters.